The predicted octanol–water partition coefficient (Wildman–Crippen LogP) is 3.94. The van der Waals surface area contributed by atoms with Gasteiger partial charge in [0.2, 0.25) is 5.88 Å². The Kier molecular flexibility index (Phi) is 3.90. The average molecular weight is 278 g/mol. The molecule has 0 fully saturated rings. The van der Waals surface area contributed by atoms with E-state index in [1.165, 1.54) is 17.5 Å². The van der Waals surface area contributed by atoms with Crippen molar-refractivity contribution in [3.05, 3.63) is 40.8 Å². The second kappa shape index (κ2) is 5.45. The van der Waals surface area contributed by atoms with E-state index >= 15 is 0 Å². The standard InChI is InChI=1S/C14H16ClN3O/c1-8(2)11-5-4-10(6-9(11)3)19-14-12(16)13(15)17-7-18-14/h4-8H,16H2,1-3H3. The summed E-state index contributed by atoms with van der Waals surface area (Å²) in [7, 11) is 0. The molecule has 0 radical (unpaired) electrons. The van der Waals surface area contributed by atoms with Crippen molar-refractivity contribution >= 4 is 17.3 Å². The minimum atomic E-state index is 0.195. The number of nitrogens with two attached hydrogens (primary N) is 1. The zero-order valence-electron chi connectivity index (χ0n) is 11.1. The number of nitrogens with zero attached hydrogens (tertiary/aromatic N) is 2. The van der Waals surface area contributed by atoms with E-state index in [9.17, 15) is 0 Å². The molecule has 0 amide bonds. The van der Waals surface area contributed by atoms with Gasteiger partial charge in [-0.2, -0.15) is 4.98 Å². The third-order valence-electron chi connectivity index (χ3n) is 2.88. The lowest BCUT2D eigenvalue weighted by atomic mass is 9.98. The van der Waals surface area contributed by atoms with Gasteiger partial charge in [0, 0.05) is 0 Å². The Labute approximate surface area is 117 Å². The van der Waals surface area contributed by atoms with Crippen LogP contribution in [-0.4, -0.2) is 9.97 Å². The molecule has 2 N–H and O–H groups in total. The van der Waals surface area contributed by atoms with Crippen LogP contribution in [0.3, 0.4) is 0 Å². The molecule has 2 rings (SSSR count). The Hall–Kier alpha value is -1.81. The maximum atomic E-state index is 5.82. The van der Waals surface area contributed by atoms with Crippen molar-refractivity contribution in [3.63, 3.8) is 0 Å². The summed E-state index contributed by atoms with van der Waals surface area (Å²) in [5, 5.41) is 0.195. The van der Waals surface area contributed by atoms with Gasteiger partial charge in [-0.15, -0.1) is 0 Å². The number of hydrogen-bond donors (Lipinski definition) is 1. The molecule has 0 saturated heterocycles. The number of rotatable bonds is 3. The molecular weight excluding hydrogens is 262 g/mol. The molecule has 5 heteroatoms. The van der Waals surface area contributed by atoms with E-state index in [1.54, 1.807) is 0 Å². The van der Waals surface area contributed by atoms with Gasteiger partial charge >= 0.3 is 0 Å². The van der Waals surface area contributed by atoms with Crippen molar-refractivity contribution in [2.24, 2.45) is 0 Å². The van der Waals surface area contributed by atoms with Gasteiger partial charge in [-0.1, -0.05) is 31.5 Å². The number of ether oxygens (including phenoxy) is 1. The second-order valence-corrected chi connectivity index (χ2v) is 5.02. The first-order valence-electron chi connectivity index (χ1n) is 6.03. The van der Waals surface area contributed by atoms with Crippen LogP contribution in [0.25, 0.3) is 0 Å². The zero-order chi connectivity index (χ0) is 14.0. The number of aromatic nitrogens is 2. The second-order valence-electron chi connectivity index (χ2n) is 4.66. The normalized spacial score (nSPS) is 10.8. The molecule has 0 aliphatic heterocycles. The summed E-state index contributed by atoms with van der Waals surface area (Å²) < 4.78 is 5.64. The molecule has 0 aliphatic rings. The van der Waals surface area contributed by atoms with E-state index in [1.807, 2.05) is 18.2 Å². The summed E-state index contributed by atoms with van der Waals surface area (Å²) in [6.07, 6.45) is 1.32. The smallest absolute Gasteiger partial charge is 0.247 e. The quantitative estimate of drug-likeness (QED) is 0.863. The molecule has 1 heterocycles. The summed E-state index contributed by atoms with van der Waals surface area (Å²) >= 11 is 5.82. The Morgan fingerprint density at radius 3 is 2.63 bits per heavy atom. The van der Waals surface area contributed by atoms with E-state index in [4.69, 9.17) is 22.1 Å². The Bertz CT molecular complexity index is 599. The summed E-state index contributed by atoms with van der Waals surface area (Å²) in [4.78, 5) is 7.76. The summed E-state index contributed by atoms with van der Waals surface area (Å²) in [6, 6.07) is 5.91. The molecular formula is C14H16ClN3O. The van der Waals surface area contributed by atoms with Gasteiger partial charge in [-0.25, -0.2) is 4.98 Å². The number of nitrogen functional groups attached to an aromatic ring is 1. The van der Waals surface area contributed by atoms with E-state index < -0.39 is 0 Å². The van der Waals surface area contributed by atoms with Gasteiger partial charge < -0.3 is 10.5 Å². The minimum Gasteiger partial charge on any atom is -0.437 e. The summed E-state index contributed by atoms with van der Waals surface area (Å²) in [5.74, 6) is 1.44. The largest absolute Gasteiger partial charge is 0.437 e. The van der Waals surface area contributed by atoms with Crippen LogP contribution >= 0.6 is 11.6 Å². The van der Waals surface area contributed by atoms with Crippen molar-refractivity contribution in [2.45, 2.75) is 26.7 Å². The number of benzene rings is 1. The number of anilines is 1. The average Bonchev–Trinajstić information content (AvgIpc) is 2.34. The molecule has 0 unspecified atom stereocenters. The molecule has 19 heavy (non-hydrogen) atoms. The first-order chi connectivity index (χ1) is 8.99. The number of halogens is 1. The van der Waals surface area contributed by atoms with Gasteiger partial charge in [0.25, 0.3) is 0 Å². The molecule has 0 aliphatic carbocycles. The Morgan fingerprint density at radius 2 is 2.00 bits per heavy atom. The van der Waals surface area contributed by atoms with Crippen LogP contribution in [0.15, 0.2) is 24.5 Å². The van der Waals surface area contributed by atoms with Gasteiger partial charge in [0.05, 0.1) is 0 Å². The van der Waals surface area contributed by atoms with Crippen molar-refractivity contribution in [2.75, 3.05) is 5.73 Å². The highest BCUT2D eigenvalue weighted by molar-refractivity contribution is 6.32. The lowest BCUT2D eigenvalue weighted by Crippen LogP contribution is -1.98. The highest BCUT2D eigenvalue weighted by atomic mass is 35.5. The lowest BCUT2D eigenvalue weighted by molar-refractivity contribution is 0.463. The fraction of sp³-hybridized carbons (Fsp3) is 0.286. The fourth-order valence-electron chi connectivity index (χ4n) is 1.91. The number of hydrogen-bond acceptors (Lipinski definition) is 4. The highest BCUT2D eigenvalue weighted by Gasteiger charge is 2.10. The minimum absolute atomic E-state index is 0.195. The number of aryl methyl sites for hydroxylation is 1. The van der Waals surface area contributed by atoms with Gasteiger partial charge in [0.1, 0.15) is 17.8 Å². The fourth-order valence-corrected chi connectivity index (χ4v) is 2.04. The van der Waals surface area contributed by atoms with Gasteiger partial charge in [-0.05, 0) is 36.1 Å². The molecule has 0 atom stereocenters. The van der Waals surface area contributed by atoms with Crippen LogP contribution < -0.4 is 10.5 Å². The molecule has 0 saturated carbocycles. The maximum absolute atomic E-state index is 5.82. The summed E-state index contributed by atoms with van der Waals surface area (Å²) in [6.45, 7) is 6.37. The van der Waals surface area contributed by atoms with Gasteiger partial charge in [-0.3, -0.25) is 0 Å². The Morgan fingerprint density at radius 1 is 1.26 bits per heavy atom. The van der Waals surface area contributed by atoms with Crippen LogP contribution in [0.4, 0.5) is 5.69 Å². The van der Waals surface area contributed by atoms with Crippen molar-refractivity contribution in [3.8, 4) is 11.6 Å². The topological polar surface area (TPSA) is 61.0 Å². The third-order valence-corrected chi connectivity index (χ3v) is 3.18. The van der Waals surface area contributed by atoms with Crippen molar-refractivity contribution < 1.29 is 4.74 Å². The lowest BCUT2D eigenvalue weighted by Gasteiger charge is -2.12. The van der Waals surface area contributed by atoms with Crippen LogP contribution in [-0.2, 0) is 0 Å². The van der Waals surface area contributed by atoms with Crippen molar-refractivity contribution in [1.82, 2.24) is 9.97 Å². The van der Waals surface area contributed by atoms with Gasteiger partial charge in [0.15, 0.2) is 5.15 Å². The molecule has 0 spiro atoms. The first-order valence-corrected chi connectivity index (χ1v) is 6.41. The molecule has 100 valence electrons. The summed E-state index contributed by atoms with van der Waals surface area (Å²) in [5.41, 5.74) is 8.47. The molecule has 0 bridgehead atoms. The Balaban J connectivity index is 2.29. The maximum Gasteiger partial charge on any atom is 0.247 e. The zero-order valence-corrected chi connectivity index (χ0v) is 11.9. The third kappa shape index (κ3) is 2.96. The monoisotopic (exact) mass is 277 g/mol. The molecule has 1 aromatic carbocycles. The molecule has 4 nitrogen and oxygen atoms in total. The van der Waals surface area contributed by atoms with Crippen LogP contribution in [0, 0.1) is 6.92 Å². The van der Waals surface area contributed by atoms with Crippen molar-refractivity contribution in [1.29, 1.82) is 0 Å². The predicted molar refractivity (Wildman–Crippen MR) is 76.8 cm³/mol. The SMILES string of the molecule is Cc1cc(Oc2ncnc(Cl)c2N)ccc1C(C)C. The van der Waals surface area contributed by atoms with Crippen LogP contribution in [0.5, 0.6) is 11.6 Å². The molecule has 2 aromatic rings. The first kappa shape index (κ1) is 13.6. The van der Waals surface area contributed by atoms with Crippen LogP contribution in [0.1, 0.15) is 30.9 Å². The van der Waals surface area contributed by atoms with E-state index in [0.717, 1.165) is 0 Å². The van der Waals surface area contributed by atoms with E-state index in [2.05, 4.69) is 30.7 Å². The van der Waals surface area contributed by atoms with Crippen LogP contribution in [0.2, 0.25) is 5.15 Å². The highest BCUT2D eigenvalue weighted by Crippen LogP contribution is 2.30. The van der Waals surface area contributed by atoms with E-state index in [-0.39, 0.29) is 16.7 Å². The van der Waals surface area contributed by atoms with E-state index in [0.29, 0.717) is 11.7 Å². The molecule has 1 aromatic heterocycles.